The van der Waals surface area contributed by atoms with Crippen molar-refractivity contribution < 1.29 is 14.1 Å². The fourth-order valence-electron chi connectivity index (χ4n) is 2.32. The first-order chi connectivity index (χ1) is 9.35. The van der Waals surface area contributed by atoms with Crippen molar-refractivity contribution in [1.29, 1.82) is 0 Å². The number of hydrogen-bond donors (Lipinski definition) is 0. The zero-order valence-corrected chi connectivity index (χ0v) is 10.8. The van der Waals surface area contributed by atoms with E-state index in [2.05, 4.69) is 5.16 Å². The Morgan fingerprint density at radius 2 is 2.21 bits per heavy atom. The molecule has 1 heterocycles. The highest BCUT2D eigenvalue weighted by molar-refractivity contribution is 5.73. The maximum absolute atomic E-state index is 10.9. The Morgan fingerprint density at radius 3 is 2.89 bits per heavy atom. The second-order valence-electron chi connectivity index (χ2n) is 4.72. The molecule has 0 bridgehead atoms. The first-order valence-corrected chi connectivity index (χ1v) is 6.40. The van der Waals surface area contributed by atoms with Crippen LogP contribution < -0.4 is 4.74 Å². The van der Waals surface area contributed by atoms with Gasteiger partial charge in [0.1, 0.15) is 23.5 Å². The quantitative estimate of drug-likeness (QED) is 0.773. The summed E-state index contributed by atoms with van der Waals surface area (Å²) < 4.78 is 10.8. The van der Waals surface area contributed by atoms with E-state index in [9.17, 15) is 4.79 Å². The smallest absolute Gasteiger partial charge is 0.144 e. The number of hydrogen-bond acceptors (Lipinski definition) is 4. The average molecular weight is 257 g/mol. The number of rotatable bonds is 5. The van der Waals surface area contributed by atoms with Crippen LogP contribution in [-0.2, 0) is 11.2 Å². The van der Waals surface area contributed by atoms with Crippen LogP contribution in [0.1, 0.15) is 30.1 Å². The number of aldehydes is 1. The Labute approximate surface area is 111 Å². The number of carbonyl (C=O) groups is 1. The molecule has 0 unspecified atom stereocenters. The molecule has 3 rings (SSSR count). The zero-order valence-electron chi connectivity index (χ0n) is 10.8. The summed E-state index contributed by atoms with van der Waals surface area (Å²) in [6, 6.07) is 7.64. The standard InChI is InChI=1S/C15H15NO3/c1-18-13-5-3-2-4-11(13)14-12(8-9-17)15(19-16-14)10-6-7-10/h2-5,9-10H,6-8H2,1H3. The molecular formula is C15H15NO3. The van der Waals surface area contributed by atoms with Crippen LogP contribution in [0.5, 0.6) is 5.75 Å². The summed E-state index contributed by atoms with van der Waals surface area (Å²) in [6.07, 6.45) is 3.47. The Kier molecular flexibility index (Phi) is 3.07. The van der Waals surface area contributed by atoms with Gasteiger partial charge in [-0.15, -0.1) is 0 Å². The van der Waals surface area contributed by atoms with Crippen LogP contribution in [0.25, 0.3) is 11.3 Å². The predicted molar refractivity (Wildman–Crippen MR) is 70.2 cm³/mol. The van der Waals surface area contributed by atoms with Gasteiger partial charge in [-0.05, 0) is 25.0 Å². The van der Waals surface area contributed by atoms with Gasteiger partial charge in [0.15, 0.2) is 0 Å². The van der Waals surface area contributed by atoms with Gasteiger partial charge >= 0.3 is 0 Å². The highest BCUT2D eigenvalue weighted by atomic mass is 16.5. The first-order valence-electron chi connectivity index (χ1n) is 6.40. The summed E-state index contributed by atoms with van der Waals surface area (Å²) in [5.74, 6) is 2.05. The molecular weight excluding hydrogens is 242 g/mol. The molecule has 0 radical (unpaired) electrons. The Morgan fingerprint density at radius 1 is 1.42 bits per heavy atom. The Hall–Kier alpha value is -2.10. The minimum absolute atomic E-state index is 0.336. The van der Waals surface area contributed by atoms with E-state index < -0.39 is 0 Å². The van der Waals surface area contributed by atoms with Gasteiger partial charge in [0.2, 0.25) is 0 Å². The molecule has 0 amide bonds. The van der Waals surface area contributed by atoms with Crippen molar-refractivity contribution in [2.45, 2.75) is 25.2 Å². The normalized spacial score (nSPS) is 14.4. The van der Waals surface area contributed by atoms with Crippen molar-refractivity contribution in [3.05, 3.63) is 35.6 Å². The SMILES string of the molecule is COc1ccccc1-c1noc(C2CC2)c1CC=O. The van der Waals surface area contributed by atoms with Crippen molar-refractivity contribution in [3.63, 3.8) is 0 Å². The number of para-hydroxylation sites is 1. The van der Waals surface area contributed by atoms with Crippen molar-refractivity contribution >= 4 is 6.29 Å². The number of carbonyl (C=O) groups excluding carboxylic acids is 1. The molecule has 1 aromatic heterocycles. The maximum atomic E-state index is 10.9. The molecule has 1 fully saturated rings. The van der Waals surface area contributed by atoms with Gasteiger partial charge in [0, 0.05) is 23.5 Å². The monoisotopic (exact) mass is 257 g/mol. The second kappa shape index (κ2) is 4.88. The average Bonchev–Trinajstić information content (AvgIpc) is 3.21. The summed E-state index contributed by atoms with van der Waals surface area (Å²) in [7, 11) is 1.63. The molecule has 19 heavy (non-hydrogen) atoms. The number of ether oxygens (including phenoxy) is 1. The molecule has 2 aromatic rings. The van der Waals surface area contributed by atoms with Crippen LogP contribution in [0, 0.1) is 0 Å². The number of methoxy groups -OCH3 is 1. The summed E-state index contributed by atoms with van der Waals surface area (Å²) in [5, 5.41) is 4.16. The summed E-state index contributed by atoms with van der Waals surface area (Å²) in [6.45, 7) is 0. The minimum atomic E-state index is 0.336. The van der Waals surface area contributed by atoms with Gasteiger partial charge in [0.05, 0.1) is 7.11 Å². The highest BCUT2D eigenvalue weighted by Crippen LogP contribution is 2.44. The van der Waals surface area contributed by atoms with E-state index in [-0.39, 0.29) is 0 Å². The van der Waals surface area contributed by atoms with E-state index in [4.69, 9.17) is 9.26 Å². The minimum Gasteiger partial charge on any atom is -0.496 e. The Balaban J connectivity index is 2.10. The molecule has 1 saturated carbocycles. The number of aromatic nitrogens is 1. The van der Waals surface area contributed by atoms with Gasteiger partial charge in [-0.2, -0.15) is 0 Å². The molecule has 1 aromatic carbocycles. The third-order valence-electron chi connectivity index (χ3n) is 3.42. The van der Waals surface area contributed by atoms with E-state index in [0.29, 0.717) is 12.3 Å². The van der Waals surface area contributed by atoms with Crippen molar-refractivity contribution in [2.75, 3.05) is 7.11 Å². The third-order valence-corrected chi connectivity index (χ3v) is 3.42. The third kappa shape index (κ3) is 2.14. The second-order valence-corrected chi connectivity index (χ2v) is 4.72. The number of nitrogens with zero attached hydrogens (tertiary/aromatic N) is 1. The van der Waals surface area contributed by atoms with E-state index in [1.165, 1.54) is 0 Å². The van der Waals surface area contributed by atoms with E-state index in [1.807, 2.05) is 24.3 Å². The fraction of sp³-hybridized carbons (Fsp3) is 0.333. The van der Waals surface area contributed by atoms with Crippen LogP contribution in [0.15, 0.2) is 28.8 Å². The van der Waals surface area contributed by atoms with Crippen molar-refractivity contribution in [3.8, 4) is 17.0 Å². The van der Waals surface area contributed by atoms with Gasteiger partial charge < -0.3 is 14.1 Å². The van der Waals surface area contributed by atoms with Crippen LogP contribution in [0.3, 0.4) is 0 Å². The van der Waals surface area contributed by atoms with Crippen LogP contribution in [0.4, 0.5) is 0 Å². The molecule has 1 aliphatic carbocycles. The highest BCUT2D eigenvalue weighted by Gasteiger charge is 2.32. The summed E-state index contributed by atoms with van der Waals surface area (Å²) in [4.78, 5) is 10.9. The molecule has 0 N–H and O–H groups in total. The maximum Gasteiger partial charge on any atom is 0.144 e. The zero-order chi connectivity index (χ0) is 13.2. The lowest BCUT2D eigenvalue weighted by Crippen LogP contribution is -1.94. The van der Waals surface area contributed by atoms with E-state index in [0.717, 1.165) is 47.5 Å². The van der Waals surface area contributed by atoms with Crippen LogP contribution in [0.2, 0.25) is 0 Å². The van der Waals surface area contributed by atoms with Gasteiger partial charge in [-0.3, -0.25) is 0 Å². The predicted octanol–water partition coefficient (Wildman–Crippen LogP) is 2.97. The summed E-state index contributed by atoms with van der Waals surface area (Å²) >= 11 is 0. The molecule has 4 heteroatoms. The lowest BCUT2D eigenvalue weighted by Gasteiger charge is -2.06. The fourth-order valence-corrected chi connectivity index (χ4v) is 2.32. The lowest BCUT2D eigenvalue weighted by molar-refractivity contribution is -0.107. The molecule has 0 aliphatic heterocycles. The molecule has 0 saturated heterocycles. The van der Waals surface area contributed by atoms with Crippen molar-refractivity contribution in [2.24, 2.45) is 0 Å². The van der Waals surface area contributed by atoms with E-state index in [1.54, 1.807) is 7.11 Å². The van der Waals surface area contributed by atoms with Gasteiger partial charge in [-0.1, -0.05) is 17.3 Å². The Bertz CT molecular complexity index is 599. The van der Waals surface area contributed by atoms with Gasteiger partial charge in [-0.25, -0.2) is 0 Å². The lowest BCUT2D eigenvalue weighted by atomic mass is 10.0. The molecule has 0 atom stereocenters. The molecule has 1 aliphatic rings. The summed E-state index contributed by atoms with van der Waals surface area (Å²) in [5.41, 5.74) is 2.51. The topological polar surface area (TPSA) is 52.3 Å². The van der Waals surface area contributed by atoms with E-state index >= 15 is 0 Å². The van der Waals surface area contributed by atoms with Crippen LogP contribution in [-0.4, -0.2) is 18.6 Å². The molecule has 4 nitrogen and oxygen atoms in total. The van der Waals surface area contributed by atoms with Crippen molar-refractivity contribution in [1.82, 2.24) is 5.16 Å². The largest absolute Gasteiger partial charge is 0.496 e. The van der Waals surface area contributed by atoms with Crippen LogP contribution >= 0.6 is 0 Å². The molecule has 0 spiro atoms. The van der Waals surface area contributed by atoms with Gasteiger partial charge in [0.25, 0.3) is 0 Å². The first kappa shape index (κ1) is 12.0. The number of benzene rings is 1. The molecule has 98 valence electrons.